The number of carbonyl (C=O) groups excluding carboxylic acids is 1. The molecule has 144 valence electrons. The minimum absolute atomic E-state index is 0.0446. The summed E-state index contributed by atoms with van der Waals surface area (Å²) in [7, 11) is 0. The molecule has 1 amide bonds. The number of quaternary nitrogens is 1. The Kier molecular flexibility index (Phi) is 7.18. The molecule has 0 unspecified atom stereocenters. The van der Waals surface area contributed by atoms with Gasteiger partial charge in [0.15, 0.2) is 6.54 Å². The van der Waals surface area contributed by atoms with E-state index in [2.05, 4.69) is 60.9 Å². The Morgan fingerprint density at radius 1 is 1.19 bits per heavy atom. The van der Waals surface area contributed by atoms with Crippen molar-refractivity contribution >= 4 is 17.2 Å². The average molecular weight is 385 g/mol. The van der Waals surface area contributed by atoms with Gasteiger partial charge < -0.3 is 10.6 Å². The van der Waals surface area contributed by atoms with E-state index in [1.165, 1.54) is 16.0 Å². The number of nitrogens with two attached hydrogens (primary N) is 1. The molecule has 2 rings (SSSR count). The first-order valence-corrected chi connectivity index (χ1v) is 10.3. The second-order valence-electron chi connectivity index (χ2n) is 7.77. The summed E-state index contributed by atoms with van der Waals surface area (Å²) in [5, 5.41) is 16.4. The van der Waals surface area contributed by atoms with Crippen LogP contribution in [0.4, 0.5) is 0 Å². The lowest BCUT2D eigenvalue weighted by Crippen LogP contribution is -2.88. The Bertz CT molecular complexity index is 775. The molecule has 1 aromatic carbocycles. The smallest absolute Gasteiger partial charge is 0.276 e. The number of nitrogens with zero attached hydrogens (tertiary/aromatic N) is 1. The van der Waals surface area contributed by atoms with Crippen LogP contribution in [0.1, 0.15) is 62.6 Å². The number of benzene rings is 1. The number of carbonyl (C=O) groups is 1. The summed E-state index contributed by atoms with van der Waals surface area (Å²) in [6, 6.07) is 15.1. The molecule has 27 heavy (non-hydrogen) atoms. The number of nitriles is 1. The van der Waals surface area contributed by atoms with Gasteiger partial charge in [0.2, 0.25) is 0 Å². The summed E-state index contributed by atoms with van der Waals surface area (Å²) in [6.45, 7) is 10.3. The summed E-state index contributed by atoms with van der Waals surface area (Å²) in [5.74, 6) is 0.421. The van der Waals surface area contributed by atoms with Crippen LogP contribution in [0.15, 0.2) is 41.8 Å². The van der Waals surface area contributed by atoms with Crippen LogP contribution in [0, 0.1) is 17.2 Å². The Morgan fingerprint density at radius 3 is 2.30 bits per heavy atom. The lowest BCUT2D eigenvalue weighted by Gasteiger charge is -2.27. The molecule has 0 bridgehead atoms. The van der Waals surface area contributed by atoms with Gasteiger partial charge in [0.1, 0.15) is 11.6 Å². The zero-order valence-electron chi connectivity index (χ0n) is 16.8. The maximum absolute atomic E-state index is 12.5. The fraction of sp³-hybridized carbons (Fsp3) is 0.455. The van der Waals surface area contributed by atoms with Crippen molar-refractivity contribution in [3.63, 3.8) is 0 Å². The Balaban J connectivity index is 2.13. The van der Waals surface area contributed by atoms with Crippen LogP contribution in [0.3, 0.4) is 0 Å². The molecule has 1 aromatic heterocycles. The van der Waals surface area contributed by atoms with E-state index in [0.29, 0.717) is 5.92 Å². The maximum Gasteiger partial charge on any atom is 0.276 e. The molecule has 3 N–H and O–H groups in total. The highest BCUT2D eigenvalue weighted by atomic mass is 32.1. The van der Waals surface area contributed by atoms with Gasteiger partial charge in [0.25, 0.3) is 5.91 Å². The van der Waals surface area contributed by atoms with Crippen molar-refractivity contribution < 1.29 is 10.1 Å². The van der Waals surface area contributed by atoms with E-state index >= 15 is 0 Å². The predicted molar refractivity (Wildman–Crippen MR) is 110 cm³/mol. The largest absolute Gasteiger partial charge is 0.333 e. The minimum Gasteiger partial charge on any atom is -0.333 e. The number of rotatable bonds is 8. The van der Waals surface area contributed by atoms with E-state index in [9.17, 15) is 10.1 Å². The zero-order valence-corrected chi connectivity index (χ0v) is 17.6. The van der Waals surface area contributed by atoms with Crippen LogP contribution in [-0.4, -0.2) is 18.0 Å². The molecule has 0 fully saturated rings. The number of hydrogen-bond donors (Lipinski definition) is 2. The zero-order chi connectivity index (χ0) is 20.0. The van der Waals surface area contributed by atoms with Crippen LogP contribution in [0.2, 0.25) is 0 Å². The Morgan fingerprint density at radius 2 is 1.81 bits per heavy atom. The third kappa shape index (κ3) is 5.41. The van der Waals surface area contributed by atoms with E-state index in [1.807, 2.05) is 25.2 Å². The van der Waals surface area contributed by atoms with Crippen molar-refractivity contribution in [3.05, 3.63) is 57.8 Å². The standard InChI is InChI=1S/C22H29N3OS/c1-15(2)17-8-10-18(11-9-17)21(19-7-6-12-27-19)24-13-20(26)25-22(5,14-23)16(3)4/h6-12,15-16,21,24H,13H2,1-5H3,(H,25,26)/p+1/t21-,22-/m0/s1. The molecule has 0 spiro atoms. The van der Waals surface area contributed by atoms with Crippen molar-refractivity contribution in [3.8, 4) is 6.07 Å². The summed E-state index contributed by atoms with van der Waals surface area (Å²) in [5.41, 5.74) is 1.65. The summed E-state index contributed by atoms with van der Waals surface area (Å²) >= 11 is 1.70. The van der Waals surface area contributed by atoms with Gasteiger partial charge in [0, 0.05) is 5.56 Å². The summed E-state index contributed by atoms with van der Waals surface area (Å²) in [6.07, 6.45) is 0. The van der Waals surface area contributed by atoms with Crippen molar-refractivity contribution in [2.24, 2.45) is 5.92 Å². The minimum atomic E-state index is -0.845. The van der Waals surface area contributed by atoms with Crippen LogP contribution < -0.4 is 10.6 Å². The molecule has 0 aliphatic carbocycles. The topological polar surface area (TPSA) is 69.5 Å². The first-order chi connectivity index (χ1) is 12.8. The molecule has 0 radical (unpaired) electrons. The molecular formula is C22H30N3OS+. The van der Waals surface area contributed by atoms with E-state index in [1.54, 1.807) is 18.3 Å². The average Bonchev–Trinajstić information content (AvgIpc) is 3.16. The van der Waals surface area contributed by atoms with Gasteiger partial charge in [-0.05, 0) is 35.8 Å². The number of thiophene rings is 1. The second-order valence-corrected chi connectivity index (χ2v) is 8.75. The number of hydrogen-bond acceptors (Lipinski definition) is 3. The van der Waals surface area contributed by atoms with Gasteiger partial charge in [-0.25, -0.2) is 0 Å². The molecule has 0 aliphatic heterocycles. The molecule has 0 saturated carbocycles. The quantitative estimate of drug-likeness (QED) is 0.730. The van der Waals surface area contributed by atoms with Crippen LogP contribution in [0.5, 0.6) is 0 Å². The van der Waals surface area contributed by atoms with Crippen LogP contribution in [0.25, 0.3) is 0 Å². The number of nitrogens with one attached hydrogen (secondary N) is 1. The van der Waals surface area contributed by atoms with Gasteiger partial charge in [-0.1, -0.05) is 58.0 Å². The lowest BCUT2D eigenvalue weighted by molar-refractivity contribution is -0.676. The summed E-state index contributed by atoms with van der Waals surface area (Å²) < 4.78 is 0. The van der Waals surface area contributed by atoms with Crippen molar-refractivity contribution in [2.75, 3.05) is 6.54 Å². The molecule has 0 saturated heterocycles. The Labute approximate surface area is 166 Å². The third-order valence-corrected chi connectivity index (χ3v) is 6.09. The fourth-order valence-corrected chi connectivity index (χ4v) is 3.69. The molecule has 0 aliphatic rings. The van der Waals surface area contributed by atoms with Crippen molar-refractivity contribution in [1.29, 1.82) is 5.26 Å². The van der Waals surface area contributed by atoms with E-state index < -0.39 is 5.54 Å². The molecule has 1 heterocycles. The van der Waals surface area contributed by atoms with Crippen LogP contribution >= 0.6 is 11.3 Å². The lowest BCUT2D eigenvalue weighted by atomic mass is 9.90. The van der Waals surface area contributed by atoms with Gasteiger partial charge in [-0.3, -0.25) is 4.79 Å². The molecule has 5 heteroatoms. The van der Waals surface area contributed by atoms with E-state index in [4.69, 9.17) is 0 Å². The van der Waals surface area contributed by atoms with E-state index in [0.717, 1.165) is 0 Å². The maximum atomic E-state index is 12.5. The highest BCUT2D eigenvalue weighted by Crippen LogP contribution is 2.24. The second kappa shape index (κ2) is 9.16. The molecule has 2 aromatic rings. The number of amides is 1. The third-order valence-electron chi connectivity index (χ3n) is 5.14. The normalized spacial score (nSPS) is 14.6. The monoisotopic (exact) mass is 384 g/mol. The predicted octanol–water partition coefficient (Wildman–Crippen LogP) is 3.58. The Hall–Kier alpha value is -2.16. The van der Waals surface area contributed by atoms with Crippen LogP contribution in [-0.2, 0) is 4.79 Å². The van der Waals surface area contributed by atoms with Gasteiger partial charge in [-0.2, -0.15) is 5.26 Å². The highest BCUT2D eigenvalue weighted by molar-refractivity contribution is 7.10. The molecular weight excluding hydrogens is 354 g/mol. The van der Waals surface area contributed by atoms with E-state index in [-0.39, 0.29) is 24.4 Å². The van der Waals surface area contributed by atoms with Gasteiger partial charge >= 0.3 is 0 Å². The van der Waals surface area contributed by atoms with Crippen molar-refractivity contribution in [1.82, 2.24) is 5.32 Å². The fourth-order valence-electron chi connectivity index (χ4n) is 2.84. The first kappa shape index (κ1) is 21.1. The SMILES string of the molecule is CC(C)c1ccc([C@H]([NH2+]CC(=O)N[C@@](C)(C#N)C(C)C)c2cccs2)cc1. The highest BCUT2D eigenvalue weighted by Gasteiger charge is 2.31. The van der Waals surface area contributed by atoms with Gasteiger partial charge in [-0.15, -0.1) is 11.3 Å². The molecule has 4 nitrogen and oxygen atoms in total. The van der Waals surface area contributed by atoms with Crippen molar-refractivity contribution in [2.45, 2.75) is 52.1 Å². The van der Waals surface area contributed by atoms with Gasteiger partial charge in [0.05, 0.1) is 10.9 Å². The summed E-state index contributed by atoms with van der Waals surface area (Å²) in [4.78, 5) is 13.7. The first-order valence-electron chi connectivity index (χ1n) is 9.45. The molecule has 2 atom stereocenters.